The summed E-state index contributed by atoms with van der Waals surface area (Å²) in [6.45, 7) is -1.46. The number of phosphoric acid groups is 1. The van der Waals surface area contributed by atoms with Crippen LogP contribution in [0.5, 0.6) is 0 Å². The third-order valence-electron chi connectivity index (χ3n) is 7.27. The number of phosphoric ester groups is 1. The van der Waals surface area contributed by atoms with E-state index >= 15 is 4.39 Å². The SMILES string of the molecule is Nc1ncnc2c1ncn2[C@H]1C[C@@H]2NS(=O)(=O)OC[C@H]3O[C@@H](N4C=NC5C(=O)N=CN=C54)[C@H](F)[C@@H]3OP(=O)(O)OC[C@H]2O1. The predicted molar refractivity (Wildman–Crippen MR) is 139 cm³/mol. The summed E-state index contributed by atoms with van der Waals surface area (Å²) < 4.78 is 85.6. The molecule has 0 bridgehead atoms. The number of rotatable bonds is 2. The van der Waals surface area contributed by atoms with Crippen LogP contribution >= 0.6 is 7.82 Å². The lowest BCUT2D eigenvalue weighted by Gasteiger charge is -2.26. The summed E-state index contributed by atoms with van der Waals surface area (Å²) in [5.41, 5.74) is 6.45. The van der Waals surface area contributed by atoms with Crippen LogP contribution in [0.15, 0.2) is 27.6 Å². The third-order valence-corrected chi connectivity index (χ3v) is 9.30. The number of aromatic nitrogens is 4. The number of nitrogen functional groups attached to an aromatic ring is 1. The standard InChI is InChI=1S/C20H22FN10O10PS/c21-12-15-10(40-20(12)31-7-28-14-18(31)25-5-26-19(14)32)3-38-43(35,36)29-8-1-11(39-9(8)2-37-42(33,34)41-15)30-6-27-13-16(22)23-4-24-17(13)30/h4-12,14-15,20,29H,1-3H2,(H,33,34)(H2,22,23,24)/t8-,9+,10+,11+,12+,14?,15+,20+/m0/s1. The van der Waals surface area contributed by atoms with Crippen molar-refractivity contribution in [3.8, 4) is 0 Å². The van der Waals surface area contributed by atoms with Gasteiger partial charge in [0.25, 0.3) is 5.91 Å². The number of carbonyl (C=O) groups is 1. The molecule has 3 saturated heterocycles. The Hall–Kier alpha value is -3.34. The molecule has 7 rings (SSSR count). The van der Waals surface area contributed by atoms with Crippen molar-refractivity contribution in [2.24, 2.45) is 15.0 Å². The molecule has 1 amide bonds. The molecule has 4 N–H and O–H groups in total. The van der Waals surface area contributed by atoms with Crippen LogP contribution in [0.2, 0.25) is 0 Å². The van der Waals surface area contributed by atoms with E-state index in [2.05, 4.69) is 34.7 Å². The first-order valence-electron chi connectivity index (χ1n) is 12.7. The average molecular weight is 644 g/mol. The van der Waals surface area contributed by atoms with Gasteiger partial charge in [0.15, 0.2) is 29.9 Å². The highest BCUT2D eigenvalue weighted by atomic mass is 32.2. The summed E-state index contributed by atoms with van der Waals surface area (Å²) in [5, 5.41) is 0. The van der Waals surface area contributed by atoms with Crippen molar-refractivity contribution in [1.82, 2.24) is 29.1 Å². The first-order chi connectivity index (χ1) is 20.5. The van der Waals surface area contributed by atoms with Gasteiger partial charge in [-0.15, -0.1) is 0 Å². The van der Waals surface area contributed by atoms with E-state index in [1.165, 1.54) is 17.2 Å². The zero-order valence-corrected chi connectivity index (χ0v) is 23.3. The molecule has 0 radical (unpaired) electrons. The molecule has 23 heteroatoms. The van der Waals surface area contributed by atoms with Gasteiger partial charge < -0.3 is 20.1 Å². The smallest absolute Gasteiger partial charge is 0.382 e. The van der Waals surface area contributed by atoms with Gasteiger partial charge in [-0.25, -0.2) is 28.9 Å². The molecule has 9 atom stereocenters. The maximum absolute atomic E-state index is 15.8. The molecule has 0 aliphatic carbocycles. The van der Waals surface area contributed by atoms with E-state index in [1.807, 2.05) is 0 Å². The lowest BCUT2D eigenvalue weighted by Crippen LogP contribution is -2.47. The molecular weight excluding hydrogens is 622 g/mol. The highest BCUT2D eigenvalue weighted by Gasteiger charge is 2.55. The van der Waals surface area contributed by atoms with Crippen molar-refractivity contribution in [1.29, 1.82) is 0 Å². The average Bonchev–Trinajstić information content (AvgIpc) is 3.72. The molecule has 2 unspecified atom stereocenters. The van der Waals surface area contributed by atoms with Crippen LogP contribution in [-0.2, 0) is 42.4 Å². The van der Waals surface area contributed by atoms with E-state index in [-0.39, 0.29) is 18.1 Å². The van der Waals surface area contributed by atoms with E-state index < -0.39 is 86.3 Å². The zero-order valence-electron chi connectivity index (χ0n) is 21.6. The molecule has 7 heterocycles. The molecule has 0 spiro atoms. The zero-order chi connectivity index (χ0) is 30.1. The Morgan fingerprint density at radius 1 is 1.19 bits per heavy atom. The summed E-state index contributed by atoms with van der Waals surface area (Å²) >= 11 is 0. The van der Waals surface area contributed by atoms with Gasteiger partial charge in [-0.2, -0.15) is 18.1 Å². The van der Waals surface area contributed by atoms with Gasteiger partial charge in [-0.05, 0) is 0 Å². The number of imidazole rings is 1. The van der Waals surface area contributed by atoms with Crippen LogP contribution in [0.3, 0.4) is 0 Å². The van der Waals surface area contributed by atoms with Crippen LogP contribution in [0.1, 0.15) is 12.6 Å². The molecule has 0 saturated carbocycles. The summed E-state index contributed by atoms with van der Waals surface area (Å²) in [6.07, 6.45) is -4.42. The lowest BCUT2D eigenvalue weighted by atomic mass is 10.1. The number of hydrogen-bond acceptors (Lipinski definition) is 16. The number of anilines is 1. The monoisotopic (exact) mass is 644 g/mol. The van der Waals surface area contributed by atoms with Gasteiger partial charge in [-0.3, -0.25) is 32.5 Å². The van der Waals surface area contributed by atoms with E-state index in [1.54, 1.807) is 0 Å². The fourth-order valence-corrected chi connectivity index (χ4v) is 7.25. The Kier molecular flexibility index (Phi) is 6.87. The van der Waals surface area contributed by atoms with Crippen molar-refractivity contribution >= 4 is 59.5 Å². The minimum atomic E-state index is -5.00. The molecule has 0 aromatic carbocycles. The van der Waals surface area contributed by atoms with Gasteiger partial charge in [0.1, 0.15) is 48.6 Å². The molecule has 2 aromatic rings. The summed E-state index contributed by atoms with van der Waals surface area (Å²) in [6, 6.07) is -2.14. The largest absolute Gasteiger partial charge is 0.472 e. The first kappa shape index (κ1) is 28.4. The number of nitrogens with one attached hydrogen (secondary N) is 1. The van der Waals surface area contributed by atoms with E-state index in [9.17, 15) is 22.7 Å². The summed E-state index contributed by atoms with van der Waals surface area (Å²) in [4.78, 5) is 47.3. The van der Waals surface area contributed by atoms with Gasteiger partial charge >= 0.3 is 18.1 Å². The van der Waals surface area contributed by atoms with Crippen molar-refractivity contribution in [3.63, 3.8) is 0 Å². The van der Waals surface area contributed by atoms with Gasteiger partial charge in [0.05, 0.1) is 31.9 Å². The van der Waals surface area contributed by atoms with Crippen LogP contribution in [0, 0.1) is 0 Å². The number of alkyl halides is 1. The molecule has 2 aromatic heterocycles. The number of carbonyl (C=O) groups excluding carboxylic acids is 1. The van der Waals surface area contributed by atoms with Crippen LogP contribution in [0.4, 0.5) is 10.2 Å². The molecule has 3 fully saturated rings. The van der Waals surface area contributed by atoms with Crippen molar-refractivity contribution in [2.75, 3.05) is 18.9 Å². The third kappa shape index (κ3) is 5.13. The van der Waals surface area contributed by atoms with Crippen LogP contribution < -0.4 is 10.5 Å². The van der Waals surface area contributed by atoms with E-state index in [0.717, 1.165) is 17.6 Å². The second-order valence-electron chi connectivity index (χ2n) is 9.90. The number of hydrogen-bond donors (Lipinski definition) is 3. The normalized spacial score (nSPS) is 39.2. The number of aliphatic imine (C=N–C) groups is 3. The fraction of sp³-hybridized carbons (Fsp3) is 0.550. The van der Waals surface area contributed by atoms with E-state index in [0.29, 0.717) is 11.2 Å². The second-order valence-corrected chi connectivity index (χ2v) is 12.7. The molecular formula is C20H22FN10O10PS. The molecule has 5 aliphatic rings. The Labute approximate surface area is 240 Å². The Bertz CT molecular complexity index is 1720. The van der Waals surface area contributed by atoms with Gasteiger partial charge in [-0.1, -0.05) is 0 Å². The topological polar surface area (TPSA) is 257 Å². The molecule has 5 aliphatic heterocycles. The highest BCUT2D eigenvalue weighted by molar-refractivity contribution is 7.84. The Morgan fingerprint density at radius 3 is 2.86 bits per heavy atom. The van der Waals surface area contributed by atoms with Crippen LogP contribution in [-0.4, -0.2) is 118 Å². The quantitative estimate of drug-likeness (QED) is 0.304. The molecule has 230 valence electrons. The molecule has 20 nitrogen and oxygen atoms in total. The minimum Gasteiger partial charge on any atom is -0.382 e. The minimum absolute atomic E-state index is 0.000645. The number of nitrogens with two attached hydrogens (primary N) is 1. The van der Waals surface area contributed by atoms with E-state index in [4.69, 9.17) is 28.4 Å². The maximum atomic E-state index is 15.8. The maximum Gasteiger partial charge on any atom is 0.472 e. The number of halogens is 1. The second kappa shape index (κ2) is 10.4. The summed E-state index contributed by atoms with van der Waals surface area (Å²) in [5.74, 6) is -0.513. The van der Waals surface area contributed by atoms with Crippen molar-refractivity contribution in [3.05, 3.63) is 12.7 Å². The lowest BCUT2D eigenvalue weighted by molar-refractivity contribution is -0.117. The number of amides is 1. The van der Waals surface area contributed by atoms with Crippen molar-refractivity contribution in [2.45, 2.75) is 55.4 Å². The van der Waals surface area contributed by atoms with Crippen molar-refractivity contribution < 1.29 is 49.8 Å². The van der Waals surface area contributed by atoms with Gasteiger partial charge in [0, 0.05) is 6.42 Å². The first-order valence-corrected chi connectivity index (χ1v) is 15.6. The number of amidine groups is 1. The highest BCUT2D eigenvalue weighted by Crippen LogP contribution is 2.49. The molecule has 43 heavy (non-hydrogen) atoms. The number of fused-ring (bicyclic) bond motifs is 4. The predicted octanol–water partition coefficient (Wildman–Crippen LogP) is -1.83. The number of nitrogens with zero attached hydrogens (tertiary/aromatic N) is 8. The van der Waals surface area contributed by atoms with Crippen LogP contribution in [0.25, 0.3) is 11.2 Å². The fourth-order valence-electron chi connectivity index (χ4n) is 5.30. The summed E-state index contributed by atoms with van der Waals surface area (Å²) in [7, 11) is -9.52. The van der Waals surface area contributed by atoms with Gasteiger partial charge in [0.2, 0.25) is 0 Å². The Balaban J connectivity index is 1.12. The Morgan fingerprint density at radius 2 is 2.02 bits per heavy atom. The number of ether oxygens (including phenoxy) is 2.